The molecular formula is C18H17NO6. The molecule has 0 aliphatic carbocycles. The van der Waals surface area contributed by atoms with Crippen LogP contribution in [0.25, 0.3) is 0 Å². The zero-order valence-corrected chi connectivity index (χ0v) is 13.6. The van der Waals surface area contributed by atoms with Crippen molar-refractivity contribution in [3.63, 3.8) is 0 Å². The molecule has 1 aliphatic heterocycles. The standard InChI is InChI=1S/C18H17NO6/c1-11-3-2-4-13(17(11)21)18(22)23-9-16(20)19-8-12-5-6-14-15(7-12)25-10-24-14/h2-7,21H,8-10H2,1H3,(H,19,20). The van der Waals surface area contributed by atoms with Gasteiger partial charge in [0.15, 0.2) is 18.1 Å². The monoisotopic (exact) mass is 343 g/mol. The van der Waals surface area contributed by atoms with Crippen LogP contribution in [0.15, 0.2) is 36.4 Å². The first-order valence-electron chi connectivity index (χ1n) is 7.65. The molecule has 3 rings (SSSR count). The molecule has 0 fully saturated rings. The summed E-state index contributed by atoms with van der Waals surface area (Å²) in [5, 5.41) is 12.5. The molecule has 25 heavy (non-hydrogen) atoms. The number of aromatic hydroxyl groups is 1. The lowest BCUT2D eigenvalue weighted by Gasteiger charge is -2.09. The van der Waals surface area contributed by atoms with E-state index in [1.807, 2.05) is 6.07 Å². The number of esters is 1. The highest BCUT2D eigenvalue weighted by molar-refractivity contribution is 5.94. The Morgan fingerprint density at radius 2 is 2.00 bits per heavy atom. The summed E-state index contributed by atoms with van der Waals surface area (Å²) in [6, 6.07) is 10.1. The summed E-state index contributed by atoms with van der Waals surface area (Å²) in [5.74, 6) is -0.0408. The third-order valence-corrected chi connectivity index (χ3v) is 3.72. The highest BCUT2D eigenvalue weighted by atomic mass is 16.7. The van der Waals surface area contributed by atoms with Gasteiger partial charge in [0, 0.05) is 6.54 Å². The number of carbonyl (C=O) groups excluding carboxylic acids is 2. The minimum absolute atomic E-state index is 0.0311. The van der Waals surface area contributed by atoms with Crippen LogP contribution in [0.5, 0.6) is 17.2 Å². The molecule has 7 nitrogen and oxygen atoms in total. The van der Waals surface area contributed by atoms with Gasteiger partial charge >= 0.3 is 5.97 Å². The Balaban J connectivity index is 1.49. The van der Waals surface area contributed by atoms with Gasteiger partial charge < -0.3 is 24.6 Å². The number of carbonyl (C=O) groups is 2. The SMILES string of the molecule is Cc1cccc(C(=O)OCC(=O)NCc2ccc3c(c2)OCO3)c1O. The van der Waals surface area contributed by atoms with E-state index in [1.54, 1.807) is 31.2 Å². The van der Waals surface area contributed by atoms with Crippen molar-refractivity contribution < 1.29 is 28.9 Å². The number of fused-ring (bicyclic) bond motifs is 1. The lowest BCUT2D eigenvalue weighted by molar-refractivity contribution is -0.124. The Morgan fingerprint density at radius 3 is 2.84 bits per heavy atom. The van der Waals surface area contributed by atoms with Crippen molar-refractivity contribution >= 4 is 11.9 Å². The van der Waals surface area contributed by atoms with Crippen LogP contribution in [0.2, 0.25) is 0 Å². The molecule has 0 saturated carbocycles. The van der Waals surface area contributed by atoms with Gasteiger partial charge in [-0.15, -0.1) is 0 Å². The Labute approximate surface area is 144 Å². The van der Waals surface area contributed by atoms with Gasteiger partial charge in [0.25, 0.3) is 5.91 Å². The van der Waals surface area contributed by atoms with Crippen molar-refractivity contribution in [2.75, 3.05) is 13.4 Å². The third-order valence-electron chi connectivity index (χ3n) is 3.72. The van der Waals surface area contributed by atoms with Crippen LogP contribution in [0.1, 0.15) is 21.5 Å². The fourth-order valence-electron chi connectivity index (χ4n) is 2.34. The largest absolute Gasteiger partial charge is 0.507 e. The van der Waals surface area contributed by atoms with E-state index in [-0.39, 0.29) is 24.7 Å². The molecule has 2 aromatic rings. The molecule has 0 bridgehead atoms. The van der Waals surface area contributed by atoms with Crippen molar-refractivity contribution in [1.82, 2.24) is 5.32 Å². The average Bonchev–Trinajstić information content (AvgIpc) is 3.08. The normalized spacial score (nSPS) is 11.9. The van der Waals surface area contributed by atoms with E-state index >= 15 is 0 Å². The van der Waals surface area contributed by atoms with E-state index in [4.69, 9.17) is 14.2 Å². The predicted octanol–water partition coefficient (Wildman–Crippen LogP) is 1.90. The number of nitrogens with one attached hydrogen (secondary N) is 1. The molecule has 0 spiro atoms. The maximum Gasteiger partial charge on any atom is 0.342 e. The molecule has 0 radical (unpaired) electrons. The van der Waals surface area contributed by atoms with E-state index in [2.05, 4.69) is 5.32 Å². The highest BCUT2D eigenvalue weighted by Crippen LogP contribution is 2.32. The van der Waals surface area contributed by atoms with Crippen LogP contribution in [0, 0.1) is 6.92 Å². The second-order valence-electron chi connectivity index (χ2n) is 5.51. The first-order valence-corrected chi connectivity index (χ1v) is 7.65. The summed E-state index contributed by atoms with van der Waals surface area (Å²) in [6.07, 6.45) is 0. The molecule has 0 atom stereocenters. The molecule has 2 N–H and O–H groups in total. The number of hydrogen-bond donors (Lipinski definition) is 2. The van der Waals surface area contributed by atoms with Crippen molar-refractivity contribution in [2.45, 2.75) is 13.5 Å². The van der Waals surface area contributed by atoms with E-state index in [0.717, 1.165) is 5.56 Å². The van der Waals surface area contributed by atoms with Gasteiger partial charge in [-0.05, 0) is 36.2 Å². The van der Waals surface area contributed by atoms with Crippen LogP contribution >= 0.6 is 0 Å². The summed E-state index contributed by atoms with van der Waals surface area (Å²) in [4.78, 5) is 23.8. The Hall–Kier alpha value is -3.22. The summed E-state index contributed by atoms with van der Waals surface area (Å²) in [5.41, 5.74) is 1.42. The zero-order chi connectivity index (χ0) is 17.8. The predicted molar refractivity (Wildman–Crippen MR) is 87.5 cm³/mol. The van der Waals surface area contributed by atoms with Crippen LogP contribution < -0.4 is 14.8 Å². The zero-order valence-electron chi connectivity index (χ0n) is 13.6. The van der Waals surface area contributed by atoms with Crippen LogP contribution in [-0.2, 0) is 16.1 Å². The number of phenols is 1. The summed E-state index contributed by atoms with van der Waals surface area (Å²) in [7, 11) is 0. The molecule has 130 valence electrons. The number of benzene rings is 2. The molecule has 1 aliphatic rings. The molecule has 2 aromatic carbocycles. The van der Waals surface area contributed by atoms with Gasteiger partial charge in [-0.3, -0.25) is 4.79 Å². The van der Waals surface area contributed by atoms with Gasteiger partial charge in [-0.1, -0.05) is 18.2 Å². The maximum absolute atomic E-state index is 11.9. The number of aryl methyl sites for hydroxylation is 1. The molecule has 0 unspecified atom stereocenters. The molecular weight excluding hydrogens is 326 g/mol. The van der Waals surface area contributed by atoms with E-state index in [0.29, 0.717) is 17.1 Å². The first kappa shape index (κ1) is 16.6. The van der Waals surface area contributed by atoms with Crippen molar-refractivity contribution in [2.24, 2.45) is 0 Å². The number of phenolic OH excluding ortho intramolecular Hbond substituents is 1. The maximum atomic E-state index is 11.9. The fraction of sp³-hybridized carbons (Fsp3) is 0.222. The lowest BCUT2D eigenvalue weighted by atomic mass is 10.1. The molecule has 7 heteroatoms. The molecule has 1 amide bonds. The number of hydrogen-bond acceptors (Lipinski definition) is 6. The van der Waals surface area contributed by atoms with Crippen LogP contribution in [0.4, 0.5) is 0 Å². The minimum atomic E-state index is -0.751. The molecule has 0 saturated heterocycles. The van der Waals surface area contributed by atoms with Crippen LogP contribution in [-0.4, -0.2) is 30.4 Å². The van der Waals surface area contributed by atoms with Crippen LogP contribution in [0.3, 0.4) is 0 Å². The van der Waals surface area contributed by atoms with E-state index in [9.17, 15) is 14.7 Å². The topological polar surface area (TPSA) is 94.1 Å². The second-order valence-corrected chi connectivity index (χ2v) is 5.51. The number of amides is 1. The number of rotatable bonds is 5. The number of para-hydroxylation sites is 1. The van der Waals surface area contributed by atoms with Gasteiger partial charge in [0.1, 0.15) is 11.3 Å². The number of ether oxygens (including phenoxy) is 3. The summed E-state index contributed by atoms with van der Waals surface area (Å²) >= 11 is 0. The fourth-order valence-corrected chi connectivity index (χ4v) is 2.34. The van der Waals surface area contributed by atoms with E-state index < -0.39 is 18.5 Å². The highest BCUT2D eigenvalue weighted by Gasteiger charge is 2.16. The lowest BCUT2D eigenvalue weighted by Crippen LogP contribution is -2.28. The summed E-state index contributed by atoms with van der Waals surface area (Å²) < 4.78 is 15.4. The van der Waals surface area contributed by atoms with Crippen molar-refractivity contribution in [1.29, 1.82) is 0 Å². The molecule has 1 heterocycles. The van der Waals surface area contributed by atoms with Crippen molar-refractivity contribution in [3.8, 4) is 17.2 Å². The quantitative estimate of drug-likeness (QED) is 0.806. The van der Waals surface area contributed by atoms with Gasteiger partial charge in [-0.2, -0.15) is 0 Å². The van der Waals surface area contributed by atoms with Gasteiger partial charge in [0.05, 0.1) is 0 Å². The third kappa shape index (κ3) is 3.82. The van der Waals surface area contributed by atoms with Gasteiger partial charge in [-0.25, -0.2) is 4.79 Å². The Morgan fingerprint density at radius 1 is 1.20 bits per heavy atom. The average molecular weight is 343 g/mol. The minimum Gasteiger partial charge on any atom is -0.507 e. The van der Waals surface area contributed by atoms with Gasteiger partial charge in [0.2, 0.25) is 6.79 Å². The summed E-state index contributed by atoms with van der Waals surface area (Å²) in [6.45, 7) is 1.69. The van der Waals surface area contributed by atoms with Crippen molar-refractivity contribution in [3.05, 3.63) is 53.1 Å². The smallest absolute Gasteiger partial charge is 0.342 e. The molecule has 0 aromatic heterocycles. The second kappa shape index (κ2) is 7.12. The first-order chi connectivity index (χ1) is 12.0. The Kier molecular flexibility index (Phi) is 4.74. The Bertz CT molecular complexity index is 817. The van der Waals surface area contributed by atoms with E-state index in [1.165, 1.54) is 6.07 Å².